The van der Waals surface area contributed by atoms with Crippen LogP contribution in [-0.2, 0) is 14.8 Å². The summed E-state index contributed by atoms with van der Waals surface area (Å²) in [5, 5.41) is 1.48. The third kappa shape index (κ3) is 3.90. The summed E-state index contributed by atoms with van der Waals surface area (Å²) in [5.41, 5.74) is 0.744. The Morgan fingerprint density at radius 1 is 1.24 bits per heavy atom. The van der Waals surface area contributed by atoms with Crippen molar-refractivity contribution in [3.63, 3.8) is 0 Å². The van der Waals surface area contributed by atoms with E-state index < -0.39 is 16.1 Å². The fourth-order valence-electron chi connectivity index (χ4n) is 3.95. The third-order valence-electron chi connectivity index (χ3n) is 5.44. The number of methoxy groups -OCH3 is 1. The number of carbonyl (C=O) groups is 1. The molecule has 2 fully saturated rings. The van der Waals surface area contributed by atoms with Crippen LogP contribution < -0.4 is 9.64 Å². The summed E-state index contributed by atoms with van der Waals surface area (Å²) < 4.78 is 31.5. The van der Waals surface area contributed by atoms with Crippen molar-refractivity contribution in [3.05, 3.63) is 17.2 Å². The Morgan fingerprint density at radius 3 is 2.62 bits per heavy atom. The number of sulfonamides is 1. The molecular weight excluding hydrogens is 436 g/mol. The fraction of sp³-hybridized carbons (Fsp3) is 0.556. The lowest BCUT2D eigenvalue weighted by Crippen LogP contribution is -2.54. The zero-order valence-electron chi connectivity index (χ0n) is 16.3. The van der Waals surface area contributed by atoms with Gasteiger partial charge < -0.3 is 14.5 Å². The highest BCUT2D eigenvalue weighted by atomic mass is 35.5. The largest absolute Gasteiger partial charge is 0.494 e. The molecule has 1 aromatic heterocycles. The molecule has 3 heterocycles. The van der Waals surface area contributed by atoms with Crippen molar-refractivity contribution >= 4 is 54.2 Å². The van der Waals surface area contributed by atoms with Crippen LogP contribution in [0.1, 0.15) is 12.8 Å². The molecule has 2 saturated heterocycles. The molecule has 1 amide bonds. The number of rotatable bonds is 4. The molecule has 29 heavy (non-hydrogen) atoms. The van der Waals surface area contributed by atoms with Crippen molar-refractivity contribution in [3.8, 4) is 5.75 Å². The fourth-order valence-corrected chi connectivity index (χ4v) is 6.38. The monoisotopic (exact) mass is 458 g/mol. The molecular formula is C18H23ClN4O4S2. The number of aromatic nitrogens is 1. The van der Waals surface area contributed by atoms with E-state index in [2.05, 4.69) is 4.90 Å². The normalized spacial score (nSPS) is 21.1. The Morgan fingerprint density at radius 2 is 1.97 bits per heavy atom. The number of thiazole rings is 1. The molecule has 1 unspecified atom stereocenters. The van der Waals surface area contributed by atoms with Gasteiger partial charge in [-0.15, -0.1) is 0 Å². The Kier molecular flexibility index (Phi) is 5.62. The van der Waals surface area contributed by atoms with Crippen molar-refractivity contribution in [2.45, 2.75) is 18.9 Å². The van der Waals surface area contributed by atoms with Gasteiger partial charge in [0, 0.05) is 32.7 Å². The van der Waals surface area contributed by atoms with E-state index >= 15 is 0 Å². The standard InChI is InChI=1S/C18H23ClN4O4S2/c1-27-14-6-5-12(19)16-15(14)20-18(28-16)22-10-8-21(9-11-22)17(24)13-4-3-7-23(13)29(2,25)26/h5-6,13H,3-4,7-11H2,1-2H3. The van der Waals surface area contributed by atoms with E-state index in [-0.39, 0.29) is 5.91 Å². The first-order valence-electron chi connectivity index (χ1n) is 9.43. The van der Waals surface area contributed by atoms with Gasteiger partial charge in [0.2, 0.25) is 15.9 Å². The number of benzene rings is 1. The molecule has 2 aromatic rings. The molecule has 0 radical (unpaired) electrons. The molecule has 2 aliphatic rings. The van der Waals surface area contributed by atoms with Crippen LogP contribution in [0.25, 0.3) is 10.2 Å². The number of carbonyl (C=O) groups excluding carboxylic acids is 1. The van der Waals surface area contributed by atoms with E-state index in [4.69, 9.17) is 21.3 Å². The van der Waals surface area contributed by atoms with Gasteiger partial charge in [0.25, 0.3) is 0 Å². The van der Waals surface area contributed by atoms with Crippen LogP contribution in [0.15, 0.2) is 12.1 Å². The number of nitrogens with zero attached hydrogens (tertiary/aromatic N) is 4. The third-order valence-corrected chi connectivity index (χ3v) is 8.31. The highest BCUT2D eigenvalue weighted by Crippen LogP contribution is 2.39. The van der Waals surface area contributed by atoms with Gasteiger partial charge in [0.05, 0.1) is 23.1 Å². The molecule has 0 aliphatic carbocycles. The lowest BCUT2D eigenvalue weighted by Gasteiger charge is -2.36. The average molecular weight is 459 g/mol. The lowest BCUT2D eigenvalue weighted by molar-refractivity contribution is -0.134. The smallest absolute Gasteiger partial charge is 0.241 e. The number of hydrogen-bond donors (Lipinski definition) is 0. The van der Waals surface area contributed by atoms with Crippen LogP contribution in [0.4, 0.5) is 5.13 Å². The number of ether oxygens (including phenoxy) is 1. The van der Waals surface area contributed by atoms with Crippen LogP contribution >= 0.6 is 22.9 Å². The van der Waals surface area contributed by atoms with Crippen LogP contribution in [0, 0.1) is 0 Å². The van der Waals surface area contributed by atoms with Crippen LogP contribution in [-0.4, -0.2) is 80.6 Å². The summed E-state index contributed by atoms with van der Waals surface area (Å²) in [6.45, 7) is 2.76. The van der Waals surface area contributed by atoms with Gasteiger partial charge in [0.15, 0.2) is 5.13 Å². The van der Waals surface area contributed by atoms with E-state index in [1.165, 1.54) is 21.9 Å². The minimum Gasteiger partial charge on any atom is -0.494 e. The summed E-state index contributed by atoms with van der Waals surface area (Å²) in [6, 6.07) is 3.04. The minimum atomic E-state index is -3.37. The van der Waals surface area contributed by atoms with E-state index in [9.17, 15) is 13.2 Å². The molecule has 1 atom stereocenters. The zero-order valence-corrected chi connectivity index (χ0v) is 18.7. The summed E-state index contributed by atoms with van der Waals surface area (Å²) in [6.07, 6.45) is 2.48. The molecule has 0 spiro atoms. The molecule has 8 nitrogen and oxygen atoms in total. The quantitative estimate of drug-likeness (QED) is 0.697. The van der Waals surface area contributed by atoms with Crippen molar-refractivity contribution < 1.29 is 17.9 Å². The lowest BCUT2D eigenvalue weighted by atomic mass is 10.2. The highest BCUT2D eigenvalue weighted by Gasteiger charge is 2.39. The van der Waals surface area contributed by atoms with Gasteiger partial charge in [-0.1, -0.05) is 22.9 Å². The zero-order chi connectivity index (χ0) is 20.8. The van der Waals surface area contributed by atoms with Gasteiger partial charge in [-0.3, -0.25) is 4.79 Å². The van der Waals surface area contributed by atoms with E-state index in [1.54, 1.807) is 24.1 Å². The first-order valence-corrected chi connectivity index (χ1v) is 12.5. The minimum absolute atomic E-state index is 0.0958. The average Bonchev–Trinajstić information content (AvgIpc) is 3.36. The number of fused-ring (bicyclic) bond motifs is 1. The summed E-state index contributed by atoms with van der Waals surface area (Å²) in [4.78, 5) is 21.5. The van der Waals surface area contributed by atoms with Crippen molar-refractivity contribution in [2.75, 3.05) is 51.0 Å². The van der Waals surface area contributed by atoms with Gasteiger partial charge in [-0.25, -0.2) is 13.4 Å². The Bertz CT molecular complexity index is 1030. The van der Waals surface area contributed by atoms with E-state index in [1.807, 2.05) is 0 Å². The SMILES string of the molecule is COc1ccc(Cl)c2sc(N3CCN(C(=O)C4CCCN4S(C)(=O)=O)CC3)nc12. The van der Waals surface area contributed by atoms with E-state index in [0.717, 1.165) is 21.8 Å². The first kappa shape index (κ1) is 20.6. The number of hydrogen-bond acceptors (Lipinski definition) is 7. The van der Waals surface area contributed by atoms with Crippen LogP contribution in [0.2, 0.25) is 5.02 Å². The number of piperazine rings is 1. The van der Waals surface area contributed by atoms with Crippen molar-refractivity contribution in [1.82, 2.24) is 14.2 Å². The number of amides is 1. The molecule has 1 aromatic carbocycles. The molecule has 11 heteroatoms. The van der Waals surface area contributed by atoms with Crippen molar-refractivity contribution in [1.29, 1.82) is 0 Å². The van der Waals surface area contributed by atoms with Crippen LogP contribution in [0.5, 0.6) is 5.75 Å². The second kappa shape index (κ2) is 7.90. The Hall–Kier alpha value is -1.62. The van der Waals surface area contributed by atoms with Gasteiger partial charge in [0.1, 0.15) is 17.3 Å². The van der Waals surface area contributed by atoms with E-state index in [0.29, 0.717) is 49.9 Å². The summed E-state index contributed by atoms with van der Waals surface area (Å²) in [7, 11) is -1.77. The second-order valence-corrected chi connectivity index (χ2v) is 10.6. The first-order chi connectivity index (χ1) is 13.8. The molecule has 4 rings (SSSR count). The van der Waals surface area contributed by atoms with Crippen LogP contribution in [0.3, 0.4) is 0 Å². The maximum Gasteiger partial charge on any atom is 0.241 e. The van der Waals surface area contributed by atoms with Gasteiger partial charge in [-0.2, -0.15) is 4.31 Å². The van der Waals surface area contributed by atoms with Gasteiger partial charge >= 0.3 is 0 Å². The van der Waals surface area contributed by atoms with Crippen molar-refractivity contribution in [2.24, 2.45) is 0 Å². The topological polar surface area (TPSA) is 83.0 Å². The summed E-state index contributed by atoms with van der Waals surface area (Å²) in [5.74, 6) is 0.587. The molecule has 0 saturated carbocycles. The molecule has 158 valence electrons. The van der Waals surface area contributed by atoms with Gasteiger partial charge in [-0.05, 0) is 25.0 Å². The predicted octanol–water partition coefficient (Wildman–Crippen LogP) is 2.03. The highest BCUT2D eigenvalue weighted by molar-refractivity contribution is 7.88. The Balaban J connectivity index is 1.47. The molecule has 2 aliphatic heterocycles. The molecule has 0 N–H and O–H groups in total. The second-order valence-electron chi connectivity index (χ2n) is 7.27. The summed E-state index contributed by atoms with van der Waals surface area (Å²) >= 11 is 7.83. The number of anilines is 1. The Labute approximate surface area is 179 Å². The molecule has 0 bridgehead atoms. The predicted molar refractivity (Wildman–Crippen MR) is 115 cm³/mol. The maximum atomic E-state index is 12.9. The maximum absolute atomic E-state index is 12.9. The number of halogens is 1.